The molecule has 0 radical (unpaired) electrons. The maximum Gasteiger partial charge on any atom is 0.177 e. The van der Waals surface area contributed by atoms with E-state index in [1.807, 2.05) is 31.2 Å². The second-order valence-electron chi connectivity index (χ2n) is 4.96. The minimum atomic E-state index is -0.227. The molecule has 0 aromatic heterocycles. The second-order valence-corrected chi connectivity index (χ2v) is 4.96. The monoisotopic (exact) mass is 275 g/mol. The highest BCUT2D eigenvalue weighted by atomic mass is 16.7. The number of rotatable bonds is 6. The number of hydrogen-bond donors (Lipinski definition) is 0. The molecule has 0 saturated heterocycles. The van der Waals surface area contributed by atoms with Crippen LogP contribution in [0.4, 0.5) is 0 Å². The summed E-state index contributed by atoms with van der Waals surface area (Å²) in [6, 6.07) is 9.94. The van der Waals surface area contributed by atoms with Gasteiger partial charge in [0.25, 0.3) is 0 Å². The fourth-order valence-electron chi connectivity index (χ4n) is 2.33. The summed E-state index contributed by atoms with van der Waals surface area (Å²) in [6.45, 7) is 3.97. The number of hydrogen-bond acceptors (Lipinski definition) is 4. The Labute approximate surface area is 120 Å². The van der Waals surface area contributed by atoms with E-state index < -0.39 is 0 Å². The molecule has 0 N–H and O–H groups in total. The van der Waals surface area contributed by atoms with Crippen LogP contribution in [-0.2, 0) is 20.8 Å². The Hall–Kier alpha value is -1.49. The molecule has 1 aromatic rings. The molecule has 0 saturated carbocycles. The molecule has 4 nitrogen and oxygen atoms in total. The predicted octanol–water partition coefficient (Wildman–Crippen LogP) is 2.01. The third-order valence-corrected chi connectivity index (χ3v) is 3.47. The number of benzene rings is 1. The summed E-state index contributed by atoms with van der Waals surface area (Å²) in [4.78, 5) is 14.4. The van der Waals surface area contributed by atoms with Crippen molar-refractivity contribution in [3.8, 4) is 0 Å². The van der Waals surface area contributed by atoms with E-state index in [9.17, 15) is 4.79 Å². The van der Waals surface area contributed by atoms with Gasteiger partial charge in [-0.15, -0.1) is 0 Å². The van der Waals surface area contributed by atoms with E-state index in [0.29, 0.717) is 6.61 Å². The van der Waals surface area contributed by atoms with Crippen molar-refractivity contribution in [2.45, 2.75) is 19.5 Å². The summed E-state index contributed by atoms with van der Waals surface area (Å²) in [5.74, 6) is 0.142. The van der Waals surface area contributed by atoms with Gasteiger partial charge in [0.2, 0.25) is 0 Å². The smallest absolute Gasteiger partial charge is 0.177 e. The first-order valence-electron chi connectivity index (χ1n) is 6.78. The van der Waals surface area contributed by atoms with Crippen LogP contribution < -0.4 is 0 Å². The Morgan fingerprint density at radius 2 is 2.05 bits per heavy atom. The summed E-state index contributed by atoms with van der Waals surface area (Å²) in [5.41, 5.74) is 2.02. The number of ketones is 1. The number of ether oxygens (including phenoxy) is 2. The van der Waals surface area contributed by atoms with Crippen molar-refractivity contribution < 1.29 is 14.3 Å². The van der Waals surface area contributed by atoms with E-state index in [-0.39, 0.29) is 18.6 Å². The fraction of sp³-hybridized carbons (Fsp3) is 0.438. The summed E-state index contributed by atoms with van der Waals surface area (Å²) in [7, 11) is 1.58. The van der Waals surface area contributed by atoms with Gasteiger partial charge in [-0.2, -0.15) is 0 Å². The topological polar surface area (TPSA) is 38.8 Å². The number of nitrogens with zero attached hydrogens (tertiary/aromatic N) is 1. The van der Waals surface area contributed by atoms with Gasteiger partial charge in [-0.25, -0.2) is 0 Å². The van der Waals surface area contributed by atoms with Gasteiger partial charge in [-0.1, -0.05) is 36.4 Å². The lowest BCUT2D eigenvalue weighted by molar-refractivity contribution is -0.126. The fourth-order valence-corrected chi connectivity index (χ4v) is 2.33. The largest absolute Gasteiger partial charge is 0.359 e. The quantitative estimate of drug-likeness (QED) is 0.588. The first-order valence-corrected chi connectivity index (χ1v) is 6.78. The maximum atomic E-state index is 12.3. The molecule has 2 rings (SSSR count). The minimum Gasteiger partial charge on any atom is -0.359 e. The summed E-state index contributed by atoms with van der Waals surface area (Å²) >= 11 is 0. The molecule has 1 heterocycles. The van der Waals surface area contributed by atoms with Crippen LogP contribution in [0.15, 0.2) is 42.0 Å². The van der Waals surface area contributed by atoms with Crippen LogP contribution >= 0.6 is 0 Å². The molecule has 0 amide bonds. The van der Waals surface area contributed by atoms with Gasteiger partial charge < -0.3 is 9.47 Å². The van der Waals surface area contributed by atoms with Gasteiger partial charge in [-0.3, -0.25) is 9.69 Å². The molecule has 0 aliphatic carbocycles. The summed E-state index contributed by atoms with van der Waals surface area (Å²) in [6.07, 6.45) is 1.98. The molecule has 1 aliphatic rings. The van der Waals surface area contributed by atoms with Crippen molar-refractivity contribution in [3.63, 3.8) is 0 Å². The molecular weight excluding hydrogens is 254 g/mol. The Morgan fingerprint density at radius 3 is 2.75 bits per heavy atom. The van der Waals surface area contributed by atoms with Crippen LogP contribution in [0.25, 0.3) is 0 Å². The molecule has 0 fully saturated rings. The first-order chi connectivity index (χ1) is 9.72. The van der Waals surface area contributed by atoms with E-state index >= 15 is 0 Å². The number of Topliss-reactive ketones (excluding diaryl/α,β-unsaturated/α-hetero) is 1. The van der Waals surface area contributed by atoms with Gasteiger partial charge in [0.05, 0.1) is 12.6 Å². The lowest BCUT2D eigenvalue weighted by Crippen LogP contribution is -2.47. The third-order valence-electron chi connectivity index (χ3n) is 3.47. The van der Waals surface area contributed by atoms with Crippen molar-refractivity contribution in [2.75, 3.05) is 27.1 Å². The zero-order valence-corrected chi connectivity index (χ0v) is 12.0. The standard InChI is InChI=1S/C16H21NO3/c1-13-8-9-17(10-14-6-4-3-5-7-14)15(16(13)18)11-20-12-19-2/h3-8,15H,9-12H2,1-2H3. The Balaban J connectivity index is 2.06. The molecule has 4 heteroatoms. The zero-order chi connectivity index (χ0) is 14.4. The number of carbonyl (C=O) groups excluding carboxylic acids is 1. The van der Waals surface area contributed by atoms with Crippen LogP contribution in [0.2, 0.25) is 0 Å². The summed E-state index contributed by atoms with van der Waals surface area (Å²) in [5, 5.41) is 0. The Kier molecular flexibility index (Phi) is 5.47. The highest BCUT2D eigenvalue weighted by molar-refractivity contribution is 5.99. The zero-order valence-electron chi connectivity index (χ0n) is 12.0. The van der Waals surface area contributed by atoms with Crippen LogP contribution in [-0.4, -0.2) is 43.8 Å². The molecule has 1 unspecified atom stereocenters. The van der Waals surface area contributed by atoms with Gasteiger partial charge >= 0.3 is 0 Å². The lowest BCUT2D eigenvalue weighted by Gasteiger charge is -2.33. The second kappa shape index (κ2) is 7.33. The van der Waals surface area contributed by atoms with Crippen molar-refractivity contribution in [1.82, 2.24) is 4.90 Å². The Morgan fingerprint density at radius 1 is 1.30 bits per heavy atom. The average Bonchev–Trinajstić information content (AvgIpc) is 2.47. The van der Waals surface area contributed by atoms with Crippen molar-refractivity contribution in [3.05, 3.63) is 47.5 Å². The molecule has 1 atom stereocenters. The number of methoxy groups -OCH3 is 1. The molecule has 0 spiro atoms. The molecule has 20 heavy (non-hydrogen) atoms. The van der Waals surface area contributed by atoms with Crippen molar-refractivity contribution >= 4 is 5.78 Å². The van der Waals surface area contributed by atoms with Crippen molar-refractivity contribution in [2.24, 2.45) is 0 Å². The van der Waals surface area contributed by atoms with Crippen LogP contribution in [0.5, 0.6) is 0 Å². The average molecular weight is 275 g/mol. The normalized spacial score (nSPS) is 20.0. The summed E-state index contributed by atoms with van der Waals surface area (Å²) < 4.78 is 10.3. The van der Waals surface area contributed by atoms with E-state index in [1.165, 1.54) is 5.56 Å². The van der Waals surface area contributed by atoms with Crippen LogP contribution in [0, 0.1) is 0 Å². The van der Waals surface area contributed by atoms with Gasteiger partial charge in [-0.05, 0) is 18.1 Å². The van der Waals surface area contributed by atoms with E-state index in [2.05, 4.69) is 17.0 Å². The highest BCUT2D eigenvalue weighted by Gasteiger charge is 2.29. The first kappa shape index (κ1) is 14.9. The van der Waals surface area contributed by atoms with Gasteiger partial charge in [0, 0.05) is 20.2 Å². The molecule has 0 bridgehead atoms. The predicted molar refractivity (Wildman–Crippen MR) is 77.2 cm³/mol. The Bertz CT molecular complexity index is 470. The van der Waals surface area contributed by atoms with E-state index in [0.717, 1.165) is 18.7 Å². The van der Waals surface area contributed by atoms with Crippen molar-refractivity contribution in [1.29, 1.82) is 0 Å². The number of carbonyl (C=O) groups is 1. The van der Waals surface area contributed by atoms with Crippen LogP contribution in [0.1, 0.15) is 12.5 Å². The highest BCUT2D eigenvalue weighted by Crippen LogP contribution is 2.17. The molecular formula is C16H21NO3. The third kappa shape index (κ3) is 3.76. The van der Waals surface area contributed by atoms with Gasteiger partial charge in [0.1, 0.15) is 6.79 Å². The maximum absolute atomic E-state index is 12.3. The minimum absolute atomic E-state index is 0.142. The van der Waals surface area contributed by atoms with Gasteiger partial charge in [0.15, 0.2) is 5.78 Å². The van der Waals surface area contributed by atoms with E-state index in [4.69, 9.17) is 9.47 Å². The van der Waals surface area contributed by atoms with Crippen LogP contribution in [0.3, 0.4) is 0 Å². The SMILES string of the molecule is COCOCC1C(=O)C(C)=CCN1Cc1ccccc1. The molecule has 108 valence electrons. The lowest BCUT2D eigenvalue weighted by atomic mass is 9.99. The molecule has 1 aliphatic heterocycles. The molecule has 1 aromatic carbocycles. The van der Waals surface area contributed by atoms with E-state index in [1.54, 1.807) is 7.11 Å².